The highest BCUT2D eigenvalue weighted by Crippen LogP contribution is 2.39. The minimum absolute atomic E-state index is 0.0942. The third kappa shape index (κ3) is 7.40. The summed E-state index contributed by atoms with van der Waals surface area (Å²) in [5.41, 5.74) is 0.165. The third-order valence-electron chi connectivity index (χ3n) is 2.79. The lowest BCUT2D eigenvalue weighted by Gasteiger charge is -2.34. The maximum atomic E-state index is 10.7. The first kappa shape index (κ1) is 14.5. The van der Waals surface area contributed by atoms with E-state index in [1.165, 1.54) is 19.3 Å². The van der Waals surface area contributed by atoms with Crippen LogP contribution in [0.15, 0.2) is 0 Å². The van der Waals surface area contributed by atoms with Gasteiger partial charge < -0.3 is 5.11 Å². The van der Waals surface area contributed by atoms with Crippen LogP contribution in [0.3, 0.4) is 0 Å². The summed E-state index contributed by atoms with van der Waals surface area (Å²) < 4.78 is 0. The van der Waals surface area contributed by atoms with Gasteiger partial charge in [0.15, 0.2) is 0 Å². The number of carboxylic acid groups (broad SMARTS) is 1. The molecule has 1 N–H and O–H groups in total. The van der Waals surface area contributed by atoms with E-state index in [9.17, 15) is 4.79 Å². The van der Waals surface area contributed by atoms with Crippen molar-refractivity contribution in [2.75, 3.05) is 0 Å². The Morgan fingerprint density at radius 1 is 1.13 bits per heavy atom. The predicted octanol–water partition coefficient (Wildman–Crippen LogP) is 4.09. The number of hydrogen-bond acceptors (Lipinski definition) is 1. The fourth-order valence-electron chi connectivity index (χ4n) is 2.51. The van der Waals surface area contributed by atoms with Crippen LogP contribution < -0.4 is 0 Å². The standard InChI is InChI=1S/C13H26O2/c1-6-7-8-12(2,3)10-13(4,5)9-11(14)15/h6-10H2,1-5H3,(H,14,15). The van der Waals surface area contributed by atoms with Gasteiger partial charge in [-0.25, -0.2) is 0 Å². The summed E-state index contributed by atoms with van der Waals surface area (Å²) in [6.45, 7) is 10.8. The predicted molar refractivity (Wildman–Crippen MR) is 64.0 cm³/mol. The van der Waals surface area contributed by atoms with E-state index in [1.54, 1.807) is 0 Å². The molecule has 0 bridgehead atoms. The van der Waals surface area contributed by atoms with Crippen LogP contribution in [-0.4, -0.2) is 11.1 Å². The van der Waals surface area contributed by atoms with Crippen LogP contribution in [0.2, 0.25) is 0 Å². The first-order valence-corrected chi connectivity index (χ1v) is 5.90. The first-order chi connectivity index (χ1) is 6.68. The minimum atomic E-state index is -0.689. The van der Waals surface area contributed by atoms with Gasteiger partial charge in [-0.1, -0.05) is 47.5 Å². The maximum Gasteiger partial charge on any atom is 0.303 e. The summed E-state index contributed by atoms with van der Waals surface area (Å²) in [6.07, 6.45) is 4.88. The summed E-state index contributed by atoms with van der Waals surface area (Å²) in [7, 11) is 0. The average Bonchev–Trinajstić information content (AvgIpc) is 1.95. The molecule has 2 nitrogen and oxygen atoms in total. The van der Waals surface area contributed by atoms with Crippen LogP contribution in [-0.2, 0) is 4.79 Å². The SMILES string of the molecule is CCCCC(C)(C)CC(C)(C)CC(=O)O. The van der Waals surface area contributed by atoms with Gasteiger partial charge in [0.2, 0.25) is 0 Å². The zero-order chi connectivity index (χ0) is 12.1. The molecule has 2 heteroatoms. The zero-order valence-corrected chi connectivity index (χ0v) is 10.9. The summed E-state index contributed by atoms with van der Waals surface area (Å²) >= 11 is 0. The molecule has 0 heterocycles. The Kier molecular flexibility index (Phi) is 5.33. The Labute approximate surface area is 94.1 Å². The molecule has 0 aliphatic heterocycles. The Bertz CT molecular complexity index is 205. The van der Waals surface area contributed by atoms with E-state index in [2.05, 4.69) is 34.6 Å². The quantitative estimate of drug-likeness (QED) is 0.693. The molecule has 15 heavy (non-hydrogen) atoms. The molecule has 0 aliphatic carbocycles. The number of hydrogen-bond donors (Lipinski definition) is 1. The van der Waals surface area contributed by atoms with Gasteiger partial charge in [-0.15, -0.1) is 0 Å². The maximum absolute atomic E-state index is 10.7. The summed E-state index contributed by atoms with van der Waals surface area (Å²) in [5, 5.41) is 8.82. The molecule has 90 valence electrons. The van der Waals surface area contributed by atoms with Gasteiger partial charge in [-0.3, -0.25) is 4.79 Å². The summed E-state index contributed by atoms with van der Waals surface area (Å²) in [4.78, 5) is 10.7. The van der Waals surface area contributed by atoms with Crippen molar-refractivity contribution in [3.63, 3.8) is 0 Å². The van der Waals surface area contributed by atoms with E-state index in [4.69, 9.17) is 5.11 Å². The van der Waals surface area contributed by atoms with Crippen LogP contribution in [0.25, 0.3) is 0 Å². The van der Waals surface area contributed by atoms with E-state index >= 15 is 0 Å². The molecular formula is C13H26O2. The van der Waals surface area contributed by atoms with Crippen LogP contribution >= 0.6 is 0 Å². The highest BCUT2D eigenvalue weighted by molar-refractivity contribution is 5.67. The summed E-state index contributed by atoms with van der Waals surface area (Å²) in [5.74, 6) is -0.689. The summed E-state index contributed by atoms with van der Waals surface area (Å²) in [6, 6.07) is 0. The number of aliphatic carboxylic acids is 1. The van der Waals surface area contributed by atoms with E-state index in [0.29, 0.717) is 0 Å². The zero-order valence-electron chi connectivity index (χ0n) is 10.9. The lowest BCUT2D eigenvalue weighted by Crippen LogP contribution is -2.25. The number of rotatable bonds is 7. The minimum Gasteiger partial charge on any atom is -0.481 e. The van der Waals surface area contributed by atoms with Gasteiger partial charge in [0.1, 0.15) is 0 Å². The fraction of sp³-hybridized carbons (Fsp3) is 0.923. The molecule has 0 aliphatic rings. The van der Waals surface area contributed by atoms with Crippen LogP contribution in [0.1, 0.15) is 66.7 Å². The molecule has 0 aromatic heterocycles. The van der Waals surface area contributed by atoms with Crippen molar-refractivity contribution in [3.8, 4) is 0 Å². The van der Waals surface area contributed by atoms with Gasteiger partial charge in [-0.2, -0.15) is 0 Å². The molecule has 0 radical (unpaired) electrons. The van der Waals surface area contributed by atoms with Crippen molar-refractivity contribution >= 4 is 5.97 Å². The molecule has 0 rings (SSSR count). The number of carboxylic acids is 1. The van der Waals surface area contributed by atoms with E-state index < -0.39 is 5.97 Å². The van der Waals surface area contributed by atoms with Gasteiger partial charge in [-0.05, 0) is 23.7 Å². The smallest absolute Gasteiger partial charge is 0.303 e. The largest absolute Gasteiger partial charge is 0.481 e. The van der Waals surface area contributed by atoms with Gasteiger partial charge >= 0.3 is 5.97 Å². The lowest BCUT2D eigenvalue weighted by atomic mass is 9.71. The molecule has 0 aromatic rings. The van der Waals surface area contributed by atoms with Crippen molar-refractivity contribution < 1.29 is 9.90 Å². The first-order valence-electron chi connectivity index (χ1n) is 5.90. The lowest BCUT2D eigenvalue weighted by molar-refractivity contribution is -0.139. The van der Waals surface area contributed by atoms with Crippen molar-refractivity contribution in [3.05, 3.63) is 0 Å². The molecule has 0 spiro atoms. The highest BCUT2D eigenvalue weighted by Gasteiger charge is 2.30. The topological polar surface area (TPSA) is 37.3 Å². The molecule has 0 saturated heterocycles. The van der Waals surface area contributed by atoms with Gasteiger partial charge in [0, 0.05) is 0 Å². The Balaban J connectivity index is 4.22. The number of unbranched alkanes of at least 4 members (excludes halogenated alkanes) is 1. The van der Waals surface area contributed by atoms with E-state index in [-0.39, 0.29) is 17.3 Å². The molecular weight excluding hydrogens is 188 g/mol. The molecule has 0 atom stereocenters. The molecule has 0 aromatic carbocycles. The monoisotopic (exact) mass is 214 g/mol. The average molecular weight is 214 g/mol. The van der Waals surface area contributed by atoms with Crippen LogP contribution in [0.5, 0.6) is 0 Å². The normalized spacial score (nSPS) is 12.9. The second kappa shape index (κ2) is 5.53. The van der Waals surface area contributed by atoms with Crippen molar-refractivity contribution in [1.82, 2.24) is 0 Å². The Morgan fingerprint density at radius 3 is 2.07 bits per heavy atom. The van der Waals surface area contributed by atoms with Crippen LogP contribution in [0.4, 0.5) is 0 Å². The molecule has 0 amide bonds. The molecule has 0 unspecified atom stereocenters. The molecule has 0 fully saturated rings. The van der Waals surface area contributed by atoms with Crippen molar-refractivity contribution in [2.45, 2.75) is 66.7 Å². The second-order valence-electron chi connectivity index (χ2n) is 6.18. The van der Waals surface area contributed by atoms with Crippen molar-refractivity contribution in [2.24, 2.45) is 10.8 Å². The van der Waals surface area contributed by atoms with Gasteiger partial charge in [0.25, 0.3) is 0 Å². The van der Waals surface area contributed by atoms with Crippen LogP contribution in [0, 0.1) is 10.8 Å². The Morgan fingerprint density at radius 2 is 1.67 bits per heavy atom. The second-order valence-corrected chi connectivity index (χ2v) is 6.18. The Hall–Kier alpha value is -0.530. The third-order valence-corrected chi connectivity index (χ3v) is 2.79. The number of carbonyl (C=O) groups is 1. The van der Waals surface area contributed by atoms with Crippen molar-refractivity contribution in [1.29, 1.82) is 0 Å². The highest BCUT2D eigenvalue weighted by atomic mass is 16.4. The molecule has 0 saturated carbocycles. The van der Waals surface area contributed by atoms with Gasteiger partial charge in [0.05, 0.1) is 6.42 Å². The van der Waals surface area contributed by atoms with E-state index in [0.717, 1.165) is 6.42 Å². The fourth-order valence-corrected chi connectivity index (χ4v) is 2.51. The van der Waals surface area contributed by atoms with E-state index in [1.807, 2.05) is 0 Å².